The molecule has 0 spiro atoms. The molecule has 7 heteroatoms. The molecule has 0 bridgehead atoms. The summed E-state index contributed by atoms with van der Waals surface area (Å²) < 4.78 is 13.1. The number of hydrogen-bond donors (Lipinski definition) is 1. The summed E-state index contributed by atoms with van der Waals surface area (Å²) in [4.78, 5) is 0. The van der Waals surface area contributed by atoms with Crippen LogP contribution in [0.3, 0.4) is 0 Å². The molecular formula is C16H23ClN4O2. The maximum Gasteiger partial charge on any atom is 0.179 e. The number of rotatable bonds is 8. The highest BCUT2D eigenvalue weighted by atomic mass is 35.5. The van der Waals surface area contributed by atoms with Gasteiger partial charge in [0, 0.05) is 13.6 Å². The van der Waals surface area contributed by atoms with Gasteiger partial charge in [-0.3, -0.25) is 0 Å². The molecule has 0 amide bonds. The maximum atomic E-state index is 6.33. The van der Waals surface area contributed by atoms with E-state index in [-0.39, 0.29) is 6.04 Å². The molecule has 0 aliphatic heterocycles. The number of nitrogens with zero attached hydrogens (tertiary/aromatic N) is 3. The number of nitrogens with one attached hydrogen (secondary N) is 1. The van der Waals surface area contributed by atoms with E-state index < -0.39 is 0 Å². The standard InChI is InChI=1S/C16H23ClN4O2/c1-5-22-14-8-12(7-13(17)15(14)23-6-2)9-18-11(3)16-20-19-10-21(16)4/h7-8,10-11,18H,5-6,9H2,1-4H3/t11-/m0/s1. The normalized spacial score (nSPS) is 12.2. The van der Waals surface area contributed by atoms with Crippen LogP contribution < -0.4 is 14.8 Å². The van der Waals surface area contributed by atoms with Crippen LogP contribution in [0.4, 0.5) is 0 Å². The van der Waals surface area contributed by atoms with Crippen molar-refractivity contribution in [1.82, 2.24) is 20.1 Å². The molecular weight excluding hydrogens is 316 g/mol. The minimum atomic E-state index is 0.0726. The largest absolute Gasteiger partial charge is 0.490 e. The van der Waals surface area contributed by atoms with Crippen molar-refractivity contribution in [2.45, 2.75) is 33.4 Å². The quantitative estimate of drug-likeness (QED) is 0.801. The van der Waals surface area contributed by atoms with E-state index in [1.807, 2.05) is 44.5 Å². The summed E-state index contributed by atoms with van der Waals surface area (Å²) in [6.07, 6.45) is 1.69. The Morgan fingerprint density at radius 3 is 2.61 bits per heavy atom. The van der Waals surface area contributed by atoms with Crippen molar-refractivity contribution in [3.8, 4) is 11.5 Å². The van der Waals surface area contributed by atoms with Gasteiger partial charge in [-0.1, -0.05) is 11.6 Å². The van der Waals surface area contributed by atoms with Crippen LogP contribution in [0.15, 0.2) is 18.5 Å². The van der Waals surface area contributed by atoms with Crippen molar-refractivity contribution < 1.29 is 9.47 Å². The van der Waals surface area contributed by atoms with Gasteiger partial charge >= 0.3 is 0 Å². The smallest absolute Gasteiger partial charge is 0.179 e. The third-order valence-electron chi connectivity index (χ3n) is 3.40. The lowest BCUT2D eigenvalue weighted by Gasteiger charge is -2.16. The van der Waals surface area contributed by atoms with Crippen LogP contribution in [-0.4, -0.2) is 28.0 Å². The van der Waals surface area contributed by atoms with Crippen molar-refractivity contribution in [1.29, 1.82) is 0 Å². The van der Waals surface area contributed by atoms with Crippen molar-refractivity contribution in [2.75, 3.05) is 13.2 Å². The van der Waals surface area contributed by atoms with E-state index in [9.17, 15) is 0 Å². The zero-order valence-electron chi connectivity index (χ0n) is 14.0. The Bertz CT molecular complexity index is 645. The van der Waals surface area contributed by atoms with E-state index in [0.29, 0.717) is 36.3 Å². The fraction of sp³-hybridized carbons (Fsp3) is 0.500. The molecule has 0 aliphatic rings. The number of halogens is 1. The van der Waals surface area contributed by atoms with Gasteiger partial charge in [0.15, 0.2) is 11.5 Å². The average Bonchev–Trinajstić information content (AvgIpc) is 2.95. The summed E-state index contributed by atoms with van der Waals surface area (Å²) in [6.45, 7) is 7.64. The second-order valence-corrected chi connectivity index (χ2v) is 5.58. The first kappa shape index (κ1) is 17.6. The van der Waals surface area contributed by atoms with E-state index in [1.54, 1.807) is 6.33 Å². The van der Waals surface area contributed by atoms with E-state index in [4.69, 9.17) is 21.1 Å². The summed E-state index contributed by atoms with van der Waals surface area (Å²) in [6, 6.07) is 3.92. The molecule has 2 aromatic rings. The van der Waals surface area contributed by atoms with Crippen LogP contribution in [0.25, 0.3) is 0 Å². The van der Waals surface area contributed by atoms with Crippen molar-refractivity contribution >= 4 is 11.6 Å². The predicted molar refractivity (Wildman–Crippen MR) is 90.0 cm³/mol. The van der Waals surface area contributed by atoms with Crippen LogP contribution in [0.2, 0.25) is 5.02 Å². The molecule has 1 N–H and O–H groups in total. The molecule has 1 aromatic heterocycles. The van der Waals surface area contributed by atoms with Crippen molar-refractivity contribution in [2.24, 2.45) is 7.05 Å². The first-order chi connectivity index (χ1) is 11.1. The summed E-state index contributed by atoms with van der Waals surface area (Å²) >= 11 is 6.33. The Hall–Kier alpha value is -1.79. The summed E-state index contributed by atoms with van der Waals surface area (Å²) in [7, 11) is 1.93. The van der Waals surface area contributed by atoms with Gasteiger partial charge < -0.3 is 19.4 Å². The van der Waals surface area contributed by atoms with E-state index >= 15 is 0 Å². The van der Waals surface area contributed by atoms with Crippen LogP contribution in [0.5, 0.6) is 11.5 Å². The van der Waals surface area contributed by atoms with Gasteiger partial charge in [0.1, 0.15) is 12.2 Å². The third kappa shape index (κ3) is 4.36. The first-order valence-corrected chi connectivity index (χ1v) is 8.09. The average molecular weight is 339 g/mol. The molecule has 23 heavy (non-hydrogen) atoms. The highest BCUT2D eigenvalue weighted by Gasteiger charge is 2.14. The second kappa shape index (κ2) is 8.17. The molecule has 126 valence electrons. The number of aromatic nitrogens is 3. The lowest BCUT2D eigenvalue weighted by Crippen LogP contribution is -2.21. The third-order valence-corrected chi connectivity index (χ3v) is 3.68. The molecule has 2 rings (SSSR count). The lowest BCUT2D eigenvalue weighted by molar-refractivity contribution is 0.287. The molecule has 6 nitrogen and oxygen atoms in total. The highest BCUT2D eigenvalue weighted by molar-refractivity contribution is 6.32. The van der Waals surface area contributed by atoms with Gasteiger partial charge in [-0.15, -0.1) is 10.2 Å². The number of hydrogen-bond acceptors (Lipinski definition) is 5. The lowest BCUT2D eigenvalue weighted by atomic mass is 10.2. The molecule has 1 heterocycles. The Labute approximate surface area is 141 Å². The molecule has 0 unspecified atom stereocenters. The van der Waals surface area contributed by atoms with Gasteiger partial charge in [0.05, 0.1) is 24.3 Å². The Balaban J connectivity index is 2.12. The van der Waals surface area contributed by atoms with Crippen LogP contribution in [0, 0.1) is 0 Å². The predicted octanol–water partition coefficient (Wildman–Crippen LogP) is 3.12. The first-order valence-electron chi connectivity index (χ1n) is 7.72. The molecule has 0 radical (unpaired) electrons. The van der Waals surface area contributed by atoms with Gasteiger partial charge in [-0.05, 0) is 38.5 Å². The van der Waals surface area contributed by atoms with Crippen LogP contribution in [0.1, 0.15) is 38.2 Å². The second-order valence-electron chi connectivity index (χ2n) is 5.17. The number of aryl methyl sites for hydroxylation is 1. The highest BCUT2D eigenvalue weighted by Crippen LogP contribution is 2.36. The SMILES string of the molecule is CCOc1cc(CN[C@@H](C)c2nncn2C)cc(Cl)c1OCC. The molecule has 0 saturated heterocycles. The van der Waals surface area contributed by atoms with E-state index in [1.165, 1.54) is 0 Å². The van der Waals surface area contributed by atoms with Crippen molar-refractivity contribution in [3.63, 3.8) is 0 Å². The van der Waals surface area contributed by atoms with Gasteiger partial charge in [0.2, 0.25) is 0 Å². The molecule has 0 fully saturated rings. The zero-order chi connectivity index (χ0) is 16.8. The number of ether oxygens (including phenoxy) is 2. The summed E-state index contributed by atoms with van der Waals surface area (Å²) in [5.41, 5.74) is 1.02. The monoisotopic (exact) mass is 338 g/mol. The van der Waals surface area contributed by atoms with Crippen molar-refractivity contribution in [3.05, 3.63) is 34.9 Å². The maximum absolute atomic E-state index is 6.33. The minimum Gasteiger partial charge on any atom is -0.490 e. The Kier molecular flexibility index (Phi) is 6.24. The van der Waals surface area contributed by atoms with Gasteiger partial charge in [-0.25, -0.2) is 0 Å². The molecule has 1 aromatic carbocycles. The van der Waals surface area contributed by atoms with Crippen LogP contribution in [-0.2, 0) is 13.6 Å². The fourth-order valence-electron chi connectivity index (χ4n) is 2.32. The number of benzene rings is 1. The molecule has 0 aliphatic carbocycles. The molecule has 0 saturated carbocycles. The summed E-state index contributed by atoms with van der Waals surface area (Å²) in [5.74, 6) is 2.15. The minimum absolute atomic E-state index is 0.0726. The topological polar surface area (TPSA) is 61.2 Å². The van der Waals surface area contributed by atoms with E-state index in [2.05, 4.69) is 15.5 Å². The Morgan fingerprint density at radius 2 is 2.00 bits per heavy atom. The molecule has 1 atom stereocenters. The van der Waals surface area contributed by atoms with Gasteiger partial charge in [-0.2, -0.15) is 0 Å². The zero-order valence-corrected chi connectivity index (χ0v) is 14.7. The Morgan fingerprint density at radius 1 is 1.26 bits per heavy atom. The van der Waals surface area contributed by atoms with E-state index in [0.717, 1.165) is 11.4 Å². The van der Waals surface area contributed by atoms with Crippen LogP contribution >= 0.6 is 11.6 Å². The fourth-order valence-corrected chi connectivity index (χ4v) is 2.61. The van der Waals surface area contributed by atoms with Gasteiger partial charge in [0.25, 0.3) is 0 Å². The summed E-state index contributed by atoms with van der Waals surface area (Å²) in [5, 5.41) is 12.0.